The summed E-state index contributed by atoms with van der Waals surface area (Å²) in [4.78, 5) is 4.47. The summed E-state index contributed by atoms with van der Waals surface area (Å²) in [5.74, 6) is 1.47. The number of thioether (sulfide) groups is 1. The van der Waals surface area contributed by atoms with Crippen LogP contribution < -0.4 is 0 Å². The molecule has 1 heterocycles. The SMILES string of the molecule is Clc1ccc(-c2nc(SCc3ccc(I)cc3)n[nH]2)c(Cl)c1. The van der Waals surface area contributed by atoms with Gasteiger partial charge in [-0.15, -0.1) is 5.10 Å². The summed E-state index contributed by atoms with van der Waals surface area (Å²) >= 11 is 16.0. The van der Waals surface area contributed by atoms with Gasteiger partial charge in [0.25, 0.3) is 0 Å². The number of nitrogens with zero attached hydrogens (tertiary/aromatic N) is 2. The molecule has 0 saturated carbocycles. The predicted molar refractivity (Wildman–Crippen MR) is 101 cm³/mol. The Morgan fingerprint density at radius 3 is 2.59 bits per heavy atom. The number of hydrogen-bond donors (Lipinski definition) is 1. The Labute approximate surface area is 156 Å². The number of hydrogen-bond acceptors (Lipinski definition) is 3. The fraction of sp³-hybridized carbons (Fsp3) is 0.0667. The van der Waals surface area contributed by atoms with Crippen LogP contribution in [0.2, 0.25) is 10.0 Å². The molecule has 0 aliphatic carbocycles. The highest BCUT2D eigenvalue weighted by atomic mass is 127. The molecule has 0 aliphatic heterocycles. The molecule has 7 heteroatoms. The summed E-state index contributed by atoms with van der Waals surface area (Å²) in [5, 5.41) is 8.99. The van der Waals surface area contributed by atoms with Crippen LogP contribution in [-0.2, 0) is 5.75 Å². The minimum atomic E-state index is 0.554. The number of aromatic nitrogens is 3. The lowest BCUT2D eigenvalue weighted by molar-refractivity contribution is 0.973. The normalized spacial score (nSPS) is 10.9. The molecule has 0 saturated heterocycles. The molecule has 0 atom stereocenters. The zero-order valence-electron chi connectivity index (χ0n) is 11.2. The lowest BCUT2D eigenvalue weighted by Gasteiger charge is -2.00. The second kappa shape index (κ2) is 7.21. The van der Waals surface area contributed by atoms with Gasteiger partial charge in [0.05, 0.1) is 5.02 Å². The molecule has 22 heavy (non-hydrogen) atoms. The molecule has 0 spiro atoms. The van der Waals surface area contributed by atoms with E-state index in [2.05, 4.69) is 62.0 Å². The Kier molecular flexibility index (Phi) is 5.28. The first-order valence-corrected chi connectivity index (χ1v) is 9.19. The smallest absolute Gasteiger partial charge is 0.209 e. The van der Waals surface area contributed by atoms with E-state index in [1.165, 1.54) is 9.13 Å². The van der Waals surface area contributed by atoms with Crippen molar-refractivity contribution in [2.24, 2.45) is 0 Å². The first-order chi connectivity index (χ1) is 10.6. The van der Waals surface area contributed by atoms with E-state index in [0.29, 0.717) is 21.0 Å². The van der Waals surface area contributed by atoms with Crippen LogP contribution in [0.4, 0.5) is 0 Å². The minimum absolute atomic E-state index is 0.554. The van der Waals surface area contributed by atoms with Crippen molar-refractivity contribution >= 4 is 57.6 Å². The molecule has 0 unspecified atom stereocenters. The van der Waals surface area contributed by atoms with Crippen molar-refractivity contribution < 1.29 is 0 Å². The van der Waals surface area contributed by atoms with Crippen LogP contribution in [0, 0.1) is 3.57 Å². The Hall–Kier alpha value is -0.760. The summed E-state index contributed by atoms with van der Waals surface area (Å²) in [5.41, 5.74) is 2.03. The number of H-pyrrole nitrogens is 1. The molecule has 0 radical (unpaired) electrons. The molecule has 1 N–H and O–H groups in total. The van der Waals surface area contributed by atoms with E-state index < -0.39 is 0 Å². The van der Waals surface area contributed by atoms with Crippen LogP contribution in [-0.4, -0.2) is 15.2 Å². The van der Waals surface area contributed by atoms with Crippen LogP contribution >= 0.6 is 57.6 Å². The lowest BCUT2D eigenvalue weighted by atomic mass is 10.2. The van der Waals surface area contributed by atoms with Crippen molar-refractivity contribution in [1.29, 1.82) is 0 Å². The molecule has 1 aromatic heterocycles. The van der Waals surface area contributed by atoms with Gasteiger partial charge in [0, 0.05) is 19.9 Å². The topological polar surface area (TPSA) is 41.6 Å². The maximum absolute atomic E-state index is 6.18. The highest BCUT2D eigenvalue weighted by Crippen LogP contribution is 2.29. The van der Waals surface area contributed by atoms with Gasteiger partial charge in [-0.1, -0.05) is 47.1 Å². The molecular weight excluding hydrogens is 452 g/mol. The van der Waals surface area contributed by atoms with Gasteiger partial charge in [0.15, 0.2) is 5.82 Å². The van der Waals surface area contributed by atoms with Gasteiger partial charge in [0.2, 0.25) is 5.16 Å². The lowest BCUT2D eigenvalue weighted by Crippen LogP contribution is -1.83. The van der Waals surface area contributed by atoms with E-state index in [-0.39, 0.29) is 0 Å². The van der Waals surface area contributed by atoms with E-state index in [1.807, 2.05) is 6.07 Å². The largest absolute Gasteiger partial charge is 0.258 e. The van der Waals surface area contributed by atoms with E-state index in [1.54, 1.807) is 23.9 Å². The van der Waals surface area contributed by atoms with E-state index >= 15 is 0 Å². The Balaban J connectivity index is 1.72. The van der Waals surface area contributed by atoms with Crippen LogP contribution in [0.15, 0.2) is 47.6 Å². The van der Waals surface area contributed by atoms with Crippen molar-refractivity contribution in [1.82, 2.24) is 15.2 Å². The van der Waals surface area contributed by atoms with Gasteiger partial charge in [-0.2, -0.15) is 0 Å². The number of aromatic amines is 1. The number of nitrogens with one attached hydrogen (secondary N) is 1. The third-order valence-corrected chi connectivity index (χ3v) is 5.12. The third-order valence-electron chi connectivity index (χ3n) is 2.93. The van der Waals surface area contributed by atoms with Gasteiger partial charge in [-0.05, 0) is 58.5 Å². The first-order valence-electron chi connectivity index (χ1n) is 6.37. The zero-order valence-corrected chi connectivity index (χ0v) is 15.7. The molecule has 0 fully saturated rings. The van der Waals surface area contributed by atoms with Gasteiger partial charge >= 0.3 is 0 Å². The predicted octanol–water partition coefficient (Wildman–Crippen LogP) is 5.68. The number of rotatable bonds is 4. The monoisotopic (exact) mass is 461 g/mol. The quantitative estimate of drug-likeness (QED) is 0.401. The fourth-order valence-electron chi connectivity index (χ4n) is 1.84. The van der Waals surface area contributed by atoms with Gasteiger partial charge in [-0.3, -0.25) is 5.10 Å². The molecule has 3 nitrogen and oxygen atoms in total. The van der Waals surface area contributed by atoms with E-state index in [0.717, 1.165) is 11.3 Å². The second-order valence-electron chi connectivity index (χ2n) is 4.51. The van der Waals surface area contributed by atoms with Crippen LogP contribution in [0.3, 0.4) is 0 Å². The molecule has 0 aliphatic rings. The molecule has 3 aromatic rings. The van der Waals surface area contributed by atoms with Crippen LogP contribution in [0.5, 0.6) is 0 Å². The van der Waals surface area contributed by atoms with Crippen LogP contribution in [0.25, 0.3) is 11.4 Å². The van der Waals surface area contributed by atoms with E-state index in [4.69, 9.17) is 23.2 Å². The van der Waals surface area contributed by atoms with Gasteiger partial charge in [-0.25, -0.2) is 4.98 Å². The Bertz CT molecular complexity index is 790. The average Bonchev–Trinajstić information content (AvgIpc) is 2.95. The standard InChI is InChI=1S/C15H10Cl2IN3S/c16-10-3-6-12(13(17)7-10)14-19-15(21-20-14)22-8-9-1-4-11(18)5-2-9/h1-7H,8H2,(H,19,20,21). The number of benzene rings is 2. The Morgan fingerprint density at radius 1 is 1.09 bits per heavy atom. The molecule has 0 bridgehead atoms. The summed E-state index contributed by atoms with van der Waals surface area (Å²) < 4.78 is 1.23. The summed E-state index contributed by atoms with van der Waals surface area (Å²) in [6, 6.07) is 13.7. The molecular formula is C15H10Cl2IN3S. The molecule has 0 amide bonds. The molecule has 112 valence electrons. The minimum Gasteiger partial charge on any atom is -0.258 e. The maximum atomic E-state index is 6.18. The maximum Gasteiger partial charge on any atom is 0.209 e. The summed E-state index contributed by atoms with van der Waals surface area (Å²) in [6.45, 7) is 0. The fourth-order valence-corrected chi connectivity index (χ4v) is 3.45. The first kappa shape index (κ1) is 16.1. The summed E-state index contributed by atoms with van der Waals surface area (Å²) in [7, 11) is 0. The van der Waals surface area contributed by atoms with Crippen molar-refractivity contribution in [2.45, 2.75) is 10.9 Å². The van der Waals surface area contributed by atoms with Gasteiger partial charge < -0.3 is 0 Å². The average molecular weight is 462 g/mol. The van der Waals surface area contributed by atoms with Crippen molar-refractivity contribution in [3.8, 4) is 11.4 Å². The van der Waals surface area contributed by atoms with Gasteiger partial charge in [0.1, 0.15) is 0 Å². The number of halogens is 3. The van der Waals surface area contributed by atoms with Crippen molar-refractivity contribution in [3.63, 3.8) is 0 Å². The Morgan fingerprint density at radius 2 is 1.86 bits per heavy atom. The summed E-state index contributed by atoms with van der Waals surface area (Å²) in [6.07, 6.45) is 0. The van der Waals surface area contributed by atoms with Crippen molar-refractivity contribution in [3.05, 3.63) is 61.6 Å². The third kappa shape index (κ3) is 3.95. The van der Waals surface area contributed by atoms with E-state index in [9.17, 15) is 0 Å². The molecule has 3 rings (SSSR count). The van der Waals surface area contributed by atoms with Crippen molar-refractivity contribution in [2.75, 3.05) is 0 Å². The second-order valence-corrected chi connectivity index (χ2v) is 7.54. The molecule has 2 aromatic carbocycles. The zero-order chi connectivity index (χ0) is 15.5. The highest BCUT2D eigenvalue weighted by molar-refractivity contribution is 14.1. The van der Waals surface area contributed by atoms with Crippen LogP contribution in [0.1, 0.15) is 5.56 Å². The highest BCUT2D eigenvalue weighted by Gasteiger charge is 2.10.